The van der Waals surface area contributed by atoms with Gasteiger partial charge in [0.05, 0.1) is 11.1 Å². The molecule has 0 fully saturated rings. The maximum Gasteiger partial charge on any atom is 0.337 e. The molecule has 7 heteroatoms. The van der Waals surface area contributed by atoms with Gasteiger partial charge in [0.25, 0.3) is 0 Å². The molecule has 25 heavy (non-hydrogen) atoms. The van der Waals surface area contributed by atoms with Crippen LogP contribution in [0.1, 0.15) is 34.6 Å². The van der Waals surface area contributed by atoms with Crippen molar-refractivity contribution < 1.29 is 24.5 Å². The zero-order chi connectivity index (χ0) is 19.0. The molecule has 2 aromatic rings. The summed E-state index contributed by atoms with van der Waals surface area (Å²) in [5.41, 5.74) is 12.5. The molecule has 0 unspecified atom stereocenters. The van der Waals surface area contributed by atoms with Gasteiger partial charge in [0.15, 0.2) is 0 Å². The van der Waals surface area contributed by atoms with Crippen molar-refractivity contribution in [3.05, 3.63) is 47.5 Å². The minimum atomic E-state index is -1.14. The number of carbonyl (C=O) groups is 2. The van der Waals surface area contributed by atoms with E-state index in [4.69, 9.17) is 26.4 Å². The molecule has 0 aromatic heterocycles. The van der Waals surface area contributed by atoms with E-state index in [0.29, 0.717) is 11.1 Å². The quantitative estimate of drug-likeness (QED) is 0.611. The smallest absolute Gasteiger partial charge is 0.337 e. The molecule has 0 saturated carbocycles. The van der Waals surface area contributed by atoms with Crippen LogP contribution in [0.3, 0.4) is 0 Å². The van der Waals surface area contributed by atoms with Gasteiger partial charge in [-0.25, -0.2) is 9.59 Å². The first-order chi connectivity index (χ1) is 11.8. The number of hydrogen-bond acceptors (Lipinski definition) is 5. The molecule has 6 N–H and O–H groups in total. The predicted octanol–water partition coefficient (Wildman–Crippen LogP) is 2.96. The Kier molecular flexibility index (Phi) is 7.43. The van der Waals surface area contributed by atoms with Crippen molar-refractivity contribution in [2.45, 2.75) is 13.8 Å². The molecule has 0 spiro atoms. The maximum atomic E-state index is 11.0. The molecule has 2 aromatic carbocycles. The molecule has 0 radical (unpaired) electrons. The first-order valence-electron chi connectivity index (χ1n) is 7.65. The van der Waals surface area contributed by atoms with Crippen LogP contribution in [0, 0.1) is 0 Å². The van der Waals surface area contributed by atoms with Crippen molar-refractivity contribution in [2.75, 3.05) is 24.7 Å². The van der Waals surface area contributed by atoms with E-state index in [2.05, 4.69) is 0 Å². The van der Waals surface area contributed by atoms with E-state index in [-0.39, 0.29) is 22.5 Å². The molecule has 0 atom stereocenters. The summed E-state index contributed by atoms with van der Waals surface area (Å²) in [6.45, 7) is 5.67. The number of carboxylic acid groups (broad SMARTS) is 2. The summed E-state index contributed by atoms with van der Waals surface area (Å²) in [5.74, 6) is -2.28. The summed E-state index contributed by atoms with van der Waals surface area (Å²) in [4.78, 5) is 22.1. The van der Waals surface area contributed by atoms with Gasteiger partial charge in [-0.15, -0.1) is 0 Å². The molecule has 2 rings (SSSR count). The summed E-state index contributed by atoms with van der Waals surface area (Å²) in [5, 5.41) is 18.1. The van der Waals surface area contributed by atoms with Crippen molar-refractivity contribution in [3.8, 4) is 11.1 Å². The van der Waals surface area contributed by atoms with E-state index in [1.165, 1.54) is 24.3 Å². The second kappa shape index (κ2) is 9.29. The Balaban J connectivity index is 0.000000550. The third-order valence-electron chi connectivity index (χ3n) is 3.31. The Morgan fingerprint density at radius 3 is 1.44 bits per heavy atom. The second-order valence-corrected chi connectivity index (χ2v) is 5.00. The van der Waals surface area contributed by atoms with Crippen LogP contribution < -0.4 is 11.5 Å². The van der Waals surface area contributed by atoms with Gasteiger partial charge < -0.3 is 26.4 Å². The van der Waals surface area contributed by atoms with Gasteiger partial charge in [0.2, 0.25) is 0 Å². The minimum Gasteiger partial charge on any atom is -0.478 e. The summed E-state index contributed by atoms with van der Waals surface area (Å²) >= 11 is 0. The first-order valence-corrected chi connectivity index (χ1v) is 7.65. The fraction of sp³-hybridized carbons (Fsp3) is 0.222. The zero-order valence-electron chi connectivity index (χ0n) is 14.2. The summed E-state index contributed by atoms with van der Waals surface area (Å²) < 4.78 is 4.83. The average molecular weight is 346 g/mol. The Morgan fingerprint density at radius 2 is 1.20 bits per heavy atom. The molecule has 0 saturated heterocycles. The Bertz CT molecular complexity index is 696. The molecule has 0 heterocycles. The van der Waals surface area contributed by atoms with Crippen molar-refractivity contribution in [1.29, 1.82) is 0 Å². The first kappa shape index (κ1) is 20.0. The highest BCUT2D eigenvalue weighted by molar-refractivity contribution is 5.97. The molecular weight excluding hydrogens is 324 g/mol. The Morgan fingerprint density at radius 1 is 0.840 bits per heavy atom. The number of nitrogens with two attached hydrogens (primary N) is 2. The lowest BCUT2D eigenvalue weighted by atomic mass is 9.99. The number of nitrogen functional groups attached to an aromatic ring is 2. The standard InChI is InChI=1S/C14H12N2O4.C4H10O/c15-11-3-1-7(5-9(11)13(17)18)8-2-4-12(16)10(6-8)14(19)20;1-3-5-4-2/h1-6H,15-16H2,(H,17,18)(H,19,20);3-4H2,1-2H3. The van der Waals surface area contributed by atoms with Crippen LogP contribution in [0.25, 0.3) is 11.1 Å². The number of benzene rings is 2. The predicted molar refractivity (Wildman–Crippen MR) is 96.8 cm³/mol. The highest BCUT2D eigenvalue weighted by atomic mass is 16.5. The van der Waals surface area contributed by atoms with E-state index < -0.39 is 11.9 Å². The number of hydrogen-bond donors (Lipinski definition) is 4. The molecule has 0 aliphatic carbocycles. The van der Waals surface area contributed by atoms with E-state index in [9.17, 15) is 9.59 Å². The van der Waals surface area contributed by atoms with E-state index >= 15 is 0 Å². The van der Waals surface area contributed by atoms with Crippen LogP contribution >= 0.6 is 0 Å². The number of aromatic carboxylic acids is 2. The third-order valence-corrected chi connectivity index (χ3v) is 3.31. The molecule has 134 valence electrons. The van der Waals surface area contributed by atoms with Gasteiger partial charge in [0, 0.05) is 24.6 Å². The van der Waals surface area contributed by atoms with Crippen molar-refractivity contribution in [2.24, 2.45) is 0 Å². The molecule has 7 nitrogen and oxygen atoms in total. The minimum absolute atomic E-state index is 0.0313. The lowest BCUT2D eigenvalue weighted by Crippen LogP contribution is -2.04. The number of ether oxygens (including phenoxy) is 1. The zero-order valence-corrected chi connectivity index (χ0v) is 14.2. The van der Waals surface area contributed by atoms with E-state index in [1.807, 2.05) is 13.8 Å². The van der Waals surface area contributed by atoms with Crippen molar-refractivity contribution >= 4 is 23.3 Å². The molecule has 0 aliphatic heterocycles. The van der Waals surface area contributed by atoms with Crippen molar-refractivity contribution in [3.63, 3.8) is 0 Å². The Hall–Kier alpha value is -3.06. The number of rotatable bonds is 5. The van der Waals surface area contributed by atoms with Crippen LogP contribution in [0.5, 0.6) is 0 Å². The van der Waals surface area contributed by atoms with E-state index in [0.717, 1.165) is 13.2 Å². The monoisotopic (exact) mass is 346 g/mol. The molecular formula is C18H22N2O5. The fourth-order valence-corrected chi connectivity index (χ4v) is 2.05. The Labute approximate surface area is 145 Å². The van der Waals surface area contributed by atoms with Gasteiger partial charge >= 0.3 is 11.9 Å². The van der Waals surface area contributed by atoms with Gasteiger partial charge in [-0.1, -0.05) is 12.1 Å². The van der Waals surface area contributed by atoms with Gasteiger partial charge in [-0.3, -0.25) is 0 Å². The summed E-state index contributed by atoms with van der Waals surface area (Å²) in [7, 11) is 0. The fourth-order valence-electron chi connectivity index (χ4n) is 2.05. The lowest BCUT2D eigenvalue weighted by Gasteiger charge is -2.08. The molecule has 0 aliphatic rings. The van der Waals surface area contributed by atoms with Crippen LogP contribution in [0.15, 0.2) is 36.4 Å². The van der Waals surface area contributed by atoms with Crippen LogP contribution in [-0.4, -0.2) is 35.4 Å². The second-order valence-electron chi connectivity index (χ2n) is 5.00. The number of carboxylic acids is 2. The normalized spacial score (nSPS) is 9.84. The highest BCUT2D eigenvalue weighted by Crippen LogP contribution is 2.26. The molecule has 0 bridgehead atoms. The van der Waals surface area contributed by atoms with Crippen LogP contribution in [0.2, 0.25) is 0 Å². The summed E-state index contributed by atoms with van der Waals surface area (Å²) in [6.07, 6.45) is 0. The maximum absolute atomic E-state index is 11.0. The SMILES string of the molecule is CCOCC.Nc1ccc(-c2ccc(N)c(C(=O)O)c2)cc1C(=O)O. The largest absolute Gasteiger partial charge is 0.478 e. The molecule has 0 amide bonds. The van der Waals surface area contributed by atoms with Crippen LogP contribution in [-0.2, 0) is 4.74 Å². The number of anilines is 2. The van der Waals surface area contributed by atoms with E-state index in [1.54, 1.807) is 12.1 Å². The van der Waals surface area contributed by atoms with Gasteiger partial charge in [0.1, 0.15) is 0 Å². The van der Waals surface area contributed by atoms with Gasteiger partial charge in [-0.05, 0) is 49.2 Å². The highest BCUT2D eigenvalue weighted by Gasteiger charge is 2.12. The van der Waals surface area contributed by atoms with Crippen molar-refractivity contribution in [1.82, 2.24) is 0 Å². The van der Waals surface area contributed by atoms with Crippen LogP contribution in [0.4, 0.5) is 11.4 Å². The average Bonchev–Trinajstić information content (AvgIpc) is 2.56. The van der Waals surface area contributed by atoms with Gasteiger partial charge in [-0.2, -0.15) is 0 Å². The topological polar surface area (TPSA) is 136 Å². The summed E-state index contributed by atoms with van der Waals surface area (Å²) in [6, 6.07) is 8.98. The third kappa shape index (κ3) is 5.50. The lowest BCUT2D eigenvalue weighted by molar-refractivity contribution is 0.0687.